The lowest BCUT2D eigenvalue weighted by Crippen LogP contribution is -1.95. The molecule has 0 unspecified atom stereocenters. The highest BCUT2D eigenvalue weighted by atomic mass is 16.5. The fourth-order valence-electron chi connectivity index (χ4n) is 2.17. The second kappa shape index (κ2) is 5.62. The summed E-state index contributed by atoms with van der Waals surface area (Å²) >= 11 is 0. The number of benzene rings is 3. The summed E-state index contributed by atoms with van der Waals surface area (Å²) in [5.74, 6) is 0.900. The van der Waals surface area contributed by atoms with Gasteiger partial charge in [-0.2, -0.15) is 0 Å². The van der Waals surface area contributed by atoms with Crippen LogP contribution in [0.15, 0.2) is 73.3 Å². The zero-order valence-corrected chi connectivity index (χ0v) is 11.3. The van der Waals surface area contributed by atoms with Crippen molar-refractivity contribution in [3.8, 4) is 5.75 Å². The van der Waals surface area contributed by atoms with Crippen molar-refractivity contribution in [2.45, 2.75) is 6.61 Å². The molecule has 0 aliphatic rings. The lowest BCUT2D eigenvalue weighted by molar-refractivity contribution is 0.306. The van der Waals surface area contributed by atoms with E-state index in [-0.39, 0.29) is 0 Å². The maximum Gasteiger partial charge on any atom is 0.120 e. The number of fused-ring (bicyclic) bond motifs is 1. The maximum absolute atomic E-state index is 5.85. The predicted molar refractivity (Wildman–Crippen MR) is 84.8 cm³/mol. The van der Waals surface area contributed by atoms with E-state index in [9.17, 15) is 0 Å². The first-order valence-corrected chi connectivity index (χ1v) is 6.68. The average molecular weight is 260 g/mol. The Hall–Kier alpha value is -2.54. The molecule has 0 amide bonds. The van der Waals surface area contributed by atoms with E-state index in [1.807, 2.05) is 36.4 Å². The average Bonchev–Trinajstić information content (AvgIpc) is 2.53. The van der Waals surface area contributed by atoms with Gasteiger partial charge >= 0.3 is 0 Å². The van der Waals surface area contributed by atoms with Crippen LogP contribution in [0.3, 0.4) is 0 Å². The molecule has 0 saturated heterocycles. The van der Waals surface area contributed by atoms with Crippen LogP contribution in [0.5, 0.6) is 5.75 Å². The zero-order valence-electron chi connectivity index (χ0n) is 11.3. The van der Waals surface area contributed by atoms with Crippen molar-refractivity contribution < 1.29 is 4.74 Å². The van der Waals surface area contributed by atoms with Crippen LogP contribution >= 0.6 is 0 Å². The Morgan fingerprint density at radius 1 is 0.850 bits per heavy atom. The molecule has 0 aliphatic heterocycles. The second-order valence-corrected chi connectivity index (χ2v) is 4.74. The van der Waals surface area contributed by atoms with Crippen molar-refractivity contribution in [3.05, 3.63) is 84.4 Å². The molecule has 3 aromatic carbocycles. The molecule has 0 N–H and O–H groups in total. The summed E-state index contributed by atoms with van der Waals surface area (Å²) in [4.78, 5) is 0. The van der Waals surface area contributed by atoms with Crippen LogP contribution in [0, 0.1) is 0 Å². The summed E-state index contributed by atoms with van der Waals surface area (Å²) in [5.41, 5.74) is 2.28. The highest BCUT2D eigenvalue weighted by Gasteiger charge is 1.98. The number of rotatable bonds is 4. The molecule has 1 heteroatoms. The summed E-state index contributed by atoms with van der Waals surface area (Å²) in [7, 11) is 0. The van der Waals surface area contributed by atoms with E-state index in [2.05, 4.69) is 43.0 Å². The van der Waals surface area contributed by atoms with E-state index in [4.69, 9.17) is 4.74 Å². The van der Waals surface area contributed by atoms with Crippen LogP contribution in [0.4, 0.5) is 0 Å². The van der Waals surface area contributed by atoms with E-state index < -0.39 is 0 Å². The second-order valence-electron chi connectivity index (χ2n) is 4.74. The number of hydrogen-bond acceptors (Lipinski definition) is 1. The third-order valence-corrected chi connectivity index (χ3v) is 3.34. The van der Waals surface area contributed by atoms with Crippen LogP contribution in [0.1, 0.15) is 11.1 Å². The molecule has 0 fully saturated rings. The lowest BCUT2D eigenvalue weighted by Gasteiger charge is -2.07. The normalized spacial score (nSPS) is 10.4. The third kappa shape index (κ3) is 2.72. The molecule has 0 spiro atoms. The SMILES string of the molecule is C=Cc1ccc(COc2ccc3ccccc3c2)cc1. The van der Waals surface area contributed by atoms with Gasteiger partial charge in [0.2, 0.25) is 0 Å². The van der Waals surface area contributed by atoms with Gasteiger partial charge in [0.15, 0.2) is 0 Å². The molecule has 0 saturated carbocycles. The first kappa shape index (κ1) is 12.5. The molecule has 0 bridgehead atoms. The van der Waals surface area contributed by atoms with Crippen LogP contribution in [-0.2, 0) is 6.61 Å². The summed E-state index contributed by atoms with van der Waals surface area (Å²) in [6.45, 7) is 4.33. The highest BCUT2D eigenvalue weighted by molar-refractivity contribution is 5.83. The molecular weight excluding hydrogens is 244 g/mol. The quantitative estimate of drug-likeness (QED) is 0.637. The topological polar surface area (TPSA) is 9.23 Å². The van der Waals surface area contributed by atoms with Gasteiger partial charge < -0.3 is 4.74 Å². The minimum Gasteiger partial charge on any atom is -0.489 e. The predicted octanol–water partition coefficient (Wildman–Crippen LogP) is 5.06. The Kier molecular flexibility index (Phi) is 3.51. The smallest absolute Gasteiger partial charge is 0.120 e. The van der Waals surface area contributed by atoms with Gasteiger partial charge in [-0.15, -0.1) is 0 Å². The molecule has 0 aromatic heterocycles. The highest BCUT2D eigenvalue weighted by Crippen LogP contribution is 2.21. The fraction of sp³-hybridized carbons (Fsp3) is 0.0526. The molecule has 3 rings (SSSR count). The van der Waals surface area contributed by atoms with Crippen molar-refractivity contribution in [3.63, 3.8) is 0 Å². The monoisotopic (exact) mass is 260 g/mol. The molecule has 0 aliphatic carbocycles. The van der Waals surface area contributed by atoms with E-state index in [0.29, 0.717) is 6.61 Å². The molecule has 0 radical (unpaired) electrons. The van der Waals surface area contributed by atoms with Crippen LogP contribution in [-0.4, -0.2) is 0 Å². The maximum atomic E-state index is 5.85. The summed E-state index contributed by atoms with van der Waals surface area (Å²) < 4.78 is 5.85. The molecular formula is C19H16O. The number of hydrogen-bond donors (Lipinski definition) is 0. The van der Waals surface area contributed by atoms with E-state index >= 15 is 0 Å². The fourth-order valence-corrected chi connectivity index (χ4v) is 2.17. The summed E-state index contributed by atoms with van der Waals surface area (Å²) in [6, 6.07) is 22.7. The molecule has 3 aromatic rings. The Morgan fingerprint density at radius 3 is 2.35 bits per heavy atom. The molecule has 0 heterocycles. The Balaban J connectivity index is 1.74. The van der Waals surface area contributed by atoms with E-state index in [1.165, 1.54) is 10.8 Å². The van der Waals surface area contributed by atoms with Crippen molar-refractivity contribution in [2.24, 2.45) is 0 Å². The van der Waals surface area contributed by atoms with Crippen molar-refractivity contribution in [2.75, 3.05) is 0 Å². The van der Waals surface area contributed by atoms with Gasteiger partial charge in [0.05, 0.1) is 0 Å². The third-order valence-electron chi connectivity index (χ3n) is 3.34. The van der Waals surface area contributed by atoms with E-state index in [1.54, 1.807) is 0 Å². The largest absolute Gasteiger partial charge is 0.489 e. The van der Waals surface area contributed by atoms with Crippen molar-refractivity contribution >= 4 is 16.8 Å². The standard InChI is InChI=1S/C19H16O/c1-2-15-7-9-16(10-8-15)14-20-19-12-11-17-5-3-4-6-18(17)13-19/h2-13H,1,14H2. The van der Waals surface area contributed by atoms with Crippen LogP contribution in [0.25, 0.3) is 16.8 Å². The first-order chi connectivity index (χ1) is 9.85. The minimum atomic E-state index is 0.579. The van der Waals surface area contributed by atoms with Crippen LogP contribution < -0.4 is 4.74 Å². The Labute approximate surface area is 119 Å². The van der Waals surface area contributed by atoms with Gasteiger partial charge in [0, 0.05) is 0 Å². The van der Waals surface area contributed by atoms with Gasteiger partial charge in [-0.05, 0) is 34.0 Å². The van der Waals surface area contributed by atoms with Gasteiger partial charge in [0.25, 0.3) is 0 Å². The van der Waals surface area contributed by atoms with Crippen molar-refractivity contribution in [1.82, 2.24) is 0 Å². The zero-order chi connectivity index (χ0) is 13.8. The first-order valence-electron chi connectivity index (χ1n) is 6.68. The Bertz CT molecular complexity index is 726. The summed E-state index contributed by atoms with van der Waals surface area (Å²) in [6.07, 6.45) is 1.84. The minimum absolute atomic E-state index is 0.579. The molecule has 0 atom stereocenters. The van der Waals surface area contributed by atoms with Gasteiger partial charge in [0.1, 0.15) is 12.4 Å². The van der Waals surface area contributed by atoms with Gasteiger partial charge in [-0.1, -0.05) is 67.3 Å². The molecule has 1 nitrogen and oxygen atoms in total. The van der Waals surface area contributed by atoms with Gasteiger partial charge in [-0.3, -0.25) is 0 Å². The van der Waals surface area contributed by atoms with Crippen molar-refractivity contribution in [1.29, 1.82) is 0 Å². The van der Waals surface area contributed by atoms with Crippen LogP contribution in [0.2, 0.25) is 0 Å². The number of ether oxygens (including phenoxy) is 1. The Morgan fingerprint density at radius 2 is 1.60 bits per heavy atom. The molecule has 20 heavy (non-hydrogen) atoms. The van der Waals surface area contributed by atoms with E-state index in [0.717, 1.165) is 16.9 Å². The lowest BCUT2D eigenvalue weighted by atomic mass is 10.1. The van der Waals surface area contributed by atoms with Gasteiger partial charge in [-0.25, -0.2) is 0 Å². The summed E-state index contributed by atoms with van der Waals surface area (Å²) in [5, 5.41) is 2.43. The molecule has 98 valence electrons.